The van der Waals surface area contributed by atoms with E-state index < -0.39 is 6.03 Å². The lowest BCUT2D eigenvalue weighted by Gasteiger charge is -2.04. The predicted molar refractivity (Wildman–Crippen MR) is 67.0 cm³/mol. The van der Waals surface area contributed by atoms with Crippen LogP contribution in [0.15, 0.2) is 37.1 Å². The molecule has 5 heteroatoms. The zero-order valence-electron chi connectivity index (χ0n) is 9.22. The maximum absolute atomic E-state index is 11.2. The molecule has 4 N–H and O–H groups in total. The summed E-state index contributed by atoms with van der Waals surface area (Å²) in [5.74, 6) is 0.673. The Balaban J connectivity index is 2.51. The number of hydrogen-bond acceptors (Lipinski definition) is 3. The molecule has 0 fully saturated rings. The highest BCUT2D eigenvalue weighted by atomic mass is 16.5. The van der Waals surface area contributed by atoms with Gasteiger partial charge >= 0.3 is 6.03 Å². The largest absolute Gasteiger partial charge is 0.490 e. The molecule has 17 heavy (non-hydrogen) atoms. The summed E-state index contributed by atoms with van der Waals surface area (Å²) in [4.78, 5) is 11.2. The van der Waals surface area contributed by atoms with E-state index in [0.717, 1.165) is 5.39 Å². The van der Waals surface area contributed by atoms with Gasteiger partial charge in [-0.1, -0.05) is 12.7 Å². The van der Waals surface area contributed by atoms with Gasteiger partial charge in [0.25, 0.3) is 0 Å². The average Bonchev–Trinajstić information content (AvgIpc) is 2.64. The maximum atomic E-state index is 11.2. The van der Waals surface area contributed by atoms with Gasteiger partial charge in [0.05, 0.1) is 11.2 Å². The number of carbonyl (C=O) groups excluding carboxylic acids is 1. The highest BCUT2D eigenvalue weighted by Crippen LogP contribution is 2.27. The quantitative estimate of drug-likeness (QED) is 0.789. The Labute approximate surface area is 98.3 Å². The number of ether oxygens (including phenoxy) is 1. The third-order valence-corrected chi connectivity index (χ3v) is 2.41. The number of nitrogens with two attached hydrogens (primary N) is 2. The molecule has 0 aliphatic carbocycles. The van der Waals surface area contributed by atoms with Gasteiger partial charge < -0.3 is 16.2 Å². The van der Waals surface area contributed by atoms with E-state index in [1.807, 2.05) is 0 Å². The van der Waals surface area contributed by atoms with Crippen LogP contribution in [-0.2, 0) is 0 Å². The lowest BCUT2D eigenvalue weighted by Crippen LogP contribution is -2.18. The predicted octanol–water partition coefficient (Wildman–Crippen LogP) is 1.72. The van der Waals surface area contributed by atoms with Gasteiger partial charge in [0.1, 0.15) is 12.4 Å². The van der Waals surface area contributed by atoms with Gasteiger partial charge in [0.15, 0.2) is 0 Å². The van der Waals surface area contributed by atoms with E-state index in [1.54, 1.807) is 24.3 Å². The van der Waals surface area contributed by atoms with Crippen LogP contribution in [0, 0.1) is 0 Å². The molecule has 0 bridgehead atoms. The first-order valence-corrected chi connectivity index (χ1v) is 5.07. The summed E-state index contributed by atoms with van der Waals surface area (Å²) < 4.78 is 6.70. The van der Waals surface area contributed by atoms with Crippen molar-refractivity contribution in [1.29, 1.82) is 0 Å². The maximum Gasteiger partial charge on any atom is 0.323 e. The van der Waals surface area contributed by atoms with E-state index in [0.29, 0.717) is 23.6 Å². The fourth-order valence-electron chi connectivity index (χ4n) is 1.66. The van der Waals surface area contributed by atoms with Gasteiger partial charge in [-0.25, -0.2) is 4.79 Å². The van der Waals surface area contributed by atoms with Crippen LogP contribution in [-0.4, -0.2) is 17.2 Å². The monoisotopic (exact) mass is 231 g/mol. The summed E-state index contributed by atoms with van der Waals surface area (Å²) >= 11 is 0. The molecule has 5 nitrogen and oxygen atoms in total. The van der Waals surface area contributed by atoms with Gasteiger partial charge in [-0.15, -0.1) is 0 Å². The second-order valence-corrected chi connectivity index (χ2v) is 3.57. The zero-order valence-corrected chi connectivity index (χ0v) is 9.22. The Hall–Kier alpha value is -2.43. The number of anilines is 1. The first kappa shape index (κ1) is 11.1. The van der Waals surface area contributed by atoms with Crippen molar-refractivity contribution in [2.45, 2.75) is 0 Å². The second-order valence-electron chi connectivity index (χ2n) is 3.57. The molecule has 2 aromatic rings. The van der Waals surface area contributed by atoms with Crippen molar-refractivity contribution in [2.75, 3.05) is 12.3 Å². The minimum atomic E-state index is -0.563. The molecule has 0 aliphatic rings. The Morgan fingerprint density at radius 2 is 2.29 bits per heavy atom. The first-order valence-electron chi connectivity index (χ1n) is 5.07. The third-order valence-electron chi connectivity index (χ3n) is 2.41. The van der Waals surface area contributed by atoms with E-state index in [9.17, 15) is 4.79 Å². The van der Waals surface area contributed by atoms with E-state index in [1.165, 1.54) is 10.8 Å². The molecule has 88 valence electrons. The van der Waals surface area contributed by atoms with Crippen LogP contribution in [0.1, 0.15) is 0 Å². The molecule has 1 aromatic heterocycles. The second kappa shape index (κ2) is 4.21. The van der Waals surface area contributed by atoms with Crippen LogP contribution in [0.3, 0.4) is 0 Å². The van der Waals surface area contributed by atoms with E-state index in [-0.39, 0.29) is 0 Å². The first-order chi connectivity index (χ1) is 8.13. The number of amides is 1. The van der Waals surface area contributed by atoms with E-state index >= 15 is 0 Å². The number of nitrogen functional groups attached to an aromatic ring is 1. The van der Waals surface area contributed by atoms with Crippen molar-refractivity contribution in [2.24, 2.45) is 5.73 Å². The van der Waals surface area contributed by atoms with Crippen LogP contribution in [0.4, 0.5) is 10.5 Å². The molecule has 1 heterocycles. The van der Waals surface area contributed by atoms with Crippen molar-refractivity contribution in [3.05, 3.63) is 37.1 Å². The summed E-state index contributed by atoms with van der Waals surface area (Å²) in [7, 11) is 0. The summed E-state index contributed by atoms with van der Waals surface area (Å²) in [5.41, 5.74) is 12.2. The molecule has 0 aliphatic heterocycles. The third kappa shape index (κ3) is 1.94. The van der Waals surface area contributed by atoms with Gasteiger partial charge in [0.2, 0.25) is 0 Å². The summed E-state index contributed by atoms with van der Waals surface area (Å²) in [5, 5.41) is 0.741. The van der Waals surface area contributed by atoms with Crippen molar-refractivity contribution < 1.29 is 9.53 Å². The van der Waals surface area contributed by atoms with Crippen molar-refractivity contribution in [3.8, 4) is 5.75 Å². The Bertz CT molecular complexity index is 587. The summed E-state index contributed by atoms with van der Waals surface area (Å²) in [6.45, 7) is 3.99. The zero-order chi connectivity index (χ0) is 12.4. The highest BCUT2D eigenvalue weighted by molar-refractivity contribution is 5.99. The number of hydrogen-bond donors (Lipinski definition) is 2. The molecule has 0 saturated heterocycles. The fraction of sp³-hybridized carbons (Fsp3) is 0.0833. The molecule has 0 unspecified atom stereocenters. The van der Waals surface area contributed by atoms with Crippen LogP contribution in [0.25, 0.3) is 10.9 Å². The number of primary amides is 1. The molecule has 1 aromatic carbocycles. The topological polar surface area (TPSA) is 83.3 Å². The van der Waals surface area contributed by atoms with Gasteiger partial charge in [0, 0.05) is 11.6 Å². The highest BCUT2D eigenvalue weighted by Gasteiger charge is 2.10. The number of carbonyl (C=O) groups is 1. The fourth-order valence-corrected chi connectivity index (χ4v) is 1.66. The van der Waals surface area contributed by atoms with Crippen LogP contribution >= 0.6 is 0 Å². The lowest BCUT2D eigenvalue weighted by atomic mass is 10.2. The standard InChI is InChI=1S/C12H13N3O2/c1-2-5-17-8-3-4-11-9(6-8)10(13)7-15(11)12(14)16/h2-4,6-7H,1,5,13H2,(H2,14,16). The molecule has 0 radical (unpaired) electrons. The number of rotatable bonds is 3. The number of benzene rings is 1. The van der Waals surface area contributed by atoms with E-state index in [2.05, 4.69) is 6.58 Å². The molecule has 1 amide bonds. The van der Waals surface area contributed by atoms with Gasteiger partial charge in [-0.05, 0) is 18.2 Å². The van der Waals surface area contributed by atoms with E-state index in [4.69, 9.17) is 16.2 Å². The Morgan fingerprint density at radius 3 is 2.94 bits per heavy atom. The average molecular weight is 231 g/mol. The minimum absolute atomic E-state index is 0.419. The Kier molecular flexibility index (Phi) is 2.74. The normalized spacial score (nSPS) is 10.4. The minimum Gasteiger partial charge on any atom is -0.490 e. The SMILES string of the molecule is C=CCOc1ccc2c(c1)c(N)cn2C(N)=O. The molecule has 0 saturated carbocycles. The lowest BCUT2D eigenvalue weighted by molar-refractivity contribution is 0.251. The van der Waals surface area contributed by atoms with Crippen molar-refractivity contribution in [3.63, 3.8) is 0 Å². The van der Waals surface area contributed by atoms with Crippen molar-refractivity contribution in [1.82, 2.24) is 4.57 Å². The van der Waals surface area contributed by atoms with Crippen molar-refractivity contribution >= 4 is 22.6 Å². The summed E-state index contributed by atoms with van der Waals surface area (Å²) in [6.07, 6.45) is 3.16. The van der Waals surface area contributed by atoms with Gasteiger partial charge in [-0.2, -0.15) is 0 Å². The van der Waals surface area contributed by atoms with Crippen LogP contribution in [0.5, 0.6) is 5.75 Å². The molecule has 2 rings (SSSR count). The van der Waals surface area contributed by atoms with Crippen LogP contribution in [0.2, 0.25) is 0 Å². The number of fused-ring (bicyclic) bond motifs is 1. The number of nitrogens with zero attached hydrogens (tertiary/aromatic N) is 1. The number of aromatic nitrogens is 1. The molecule has 0 spiro atoms. The molecular weight excluding hydrogens is 218 g/mol. The summed E-state index contributed by atoms with van der Waals surface area (Å²) in [6, 6.07) is 4.71. The van der Waals surface area contributed by atoms with Gasteiger partial charge in [-0.3, -0.25) is 4.57 Å². The van der Waals surface area contributed by atoms with Crippen LogP contribution < -0.4 is 16.2 Å². The Morgan fingerprint density at radius 1 is 1.53 bits per heavy atom. The molecule has 0 atom stereocenters. The smallest absolute Gasteiger partial charge is 0.323 e. The molecular formula is C12H13N3O2.